The standard InChI is InChI=1S/C28H42O2Si2/c1-31(2,3)27(29)25-19-15-23(16-20-25)13-11-9-7-8-10-12-14-24-17-21-26(22-18-24)28(30)32(4,5)6/h15-22H,7-14H2,1-6H3. The summed E-state index contributed by atoms with van der Waals surface area (Å²) in [4.78, 5) is 24.8. The van der Waals surface area contributed by atoms with Crippen LogP contribution >= 0.6 is 0 Å². The Kier molecular flexibility index (Phi) is 9.84. The van der Waals surface area contributed by atoms with E-state index in [2.05, 4.69) is 63.5 Å². The maximum Gasteiger partial charge on any atom is 0.139 e. The van der Waals surface area contributed by atoms with Crippen molar-refractivity contribution in [2.45, 2.75) is 90.6 Å². The Morgan fingerprint density at radius 2 is 0.781 bits per heavy atom. The van der Waals surface area contributed by atoms with Crippen LogP contribution in [0.2, 0.25) is 39.3 Å². The predicted octanol–water partition coefficient (Wildman–Crippen LogP) is 7.93. The molecule has 2 rings (SSSR count). The lowest BCUT2D eigenvalue weighted by molar-refractivity contribution is 0.106. The summed E-state index contributed by atoms with van der Waals surface area (Å²) in [5, 5.41) is 0.695. The smallest absolute Gasteiger partial charge is 0.139 e. The molecule has 0 aliphatic rings. The fourth-order valence-electron chi connectivity index (χ4n) is 3.88. The van der Waals surface area contributed by atoms with Gasteiger partial charge in [0.1, 0.15) is 27.0 Å². The molecule has 0 aliphatic heterocycles. The van der Waals surface area contributed by atoms with E-state index in [4.69, 9.17) is 0 Å². The normalized spacial score (nSPS) is 12.1. The van der Waals surface area contributed by atoms with Crippen molar-refractivity contribution >= 4 is 27.0 Å². The average molecular weight is 467 g/mol. The number of unbranched alkanes of at least 4 members (excludes halogenated alkanes) is 5. The van der Waals surface area contributed by atoms with Gasteiger partial charge in [0.25, 0.3) is 0 Å². The highest BCUT2D eigenvalue weighted by Crippen LogP contribution is 2.17. The summed E-state index contributed by atoms with van der Waals surface area (Å²) in [6, 6.07) is 16.6. The van der Waals surface area contributed by atoms with Gasteiger partial charge in [0.2, 0.25) is 0 Å². The van der Waals surface area contributed by atoms with E-state index < -0.39 is 16.1 Å². The van der Waals surface area contributed by atoms with Gasteiger partial charge < -0.3 is 9.59 Å². The highest BCUT2D eigenvalue weighted by molar-refractivity contribution is 7.05. The van der Waals surface area contributed by atoms with Crippen LogP contribution in [0.25, 0.3) is 0 Å². The maximum absolute atomic E-state index is 12.4. The lowest BCUT2D eigenvalue weighted by Gasteiger charge is -2.14. The Morgan fingerprint density at radius 3 is 1.06 bits per heavy atom. The Bertz CT molecular complexity index is 794. The van der Waals surface area contributed by atoms with Crippen LogP contribution in [0, 0.1) is 0 Å². The summed E-state index contributed by atoms with van der Waals surface area (Å²) >= 11 is 0. The highest BCUT2D eigenvalue weighted by atomic mass is 28.3. The van der Waals surface area contributed by atoms with E-state index in [1.807, 2.05) is 24.3 Å². The van der Waals surface area contributed by atoms with Crippen molar-refractivity contribution in [3.05, 3.63) is 70.8 Å². The van der Waals surface area contributed by atoms with E-state index in [1.54, 1.807) is 0 Å². The second-order valence-corrected chi connectivity index (χ2v) is 21.1. The molecule has 0 aliphatic carbocycles. The molecule has 0 unspecified atom stereocenters. The summed E-state index contributed by atoms with van der Waals surface area (Å²) in [7, 11) is -3.51. The van der Waals surface area contributed by atoms with Crippen LogP contribution in [0.4, 0.5) is 0 Å². The highest BCUT2D eigenvalue weighted by Gasteiger charge is 2.25. The van der Waals surface area contributed by atoms with Gasteiger partial charge in [-0.05, 0) is 36.8 Å². The van der Waals surface area contributed by atoms with Gasteiger partial charge in [-0.2, -0.15) is 0 Å². The van der Waals surface area contributed by atoms with Crippen molar-refractivity contribution in [3.63, 3.8) is 0 Å². The SMILES string of the molecule is C[Si](C)(C)C(=O)c1ccc(CCCCCCCCc2ccc(C(=O)[Si](C)(C)C)cc2)cc1. The summed E-state index contributed by atoms with van der Waals surface area (Å²) in [6.07, 6.45) is 9.74. The van der Waals surface area contributed by atoms with Crippen molar-refractivity contribution in [1.82, 2.24) is 0 Å². The Hall–Kier alpha value is -1.79. The summed E-state index contributed by atoms with van der Waals surface area (Å²) in [5.74, 6) is 0. The summed E-state index contributed by atoms with van der Waals surface area (Å²) in [5.41, 5.74) is 4.44. The quantitative estimate of drug-likeness (QED) is 0.222. The molecule has 0 heterocycles. The minimum absolute atomic E-state index is 0.347. The van der Waals surface area contributed by atoms with E-state index in [1.165, 1.54) is 49.7 Å². The van der Waals surface area contributed by atoms with Gasteiger partial charge in [0, 0.05) is 11.1 Å². The van der Waals surface area contributed by atoms with Crippen LogP contribution < -0.4 is 0 Å². The topological polar surface area (TPSA) is 34.1 Å². The molecular weight excluding hydrogens is 424 g/mol. The van der Waals surface area contributed by atoms with Gasteiger partial charge in [-0.25, -0.2) is 0 Å². The zero-order valence-electron chi connectivity index (χ0n) is 21.1. The Balaban J connectivity index is 1.59. The Morgan fingerprint density at radius 1 is 0.500 bits per heavy atom. The number of rotatable bonds is 13. The van der Waals surface area contributed by atoms with Crippen molar-refractivity contribution in [3.8, 4) is 0 Å². The lowest BCUT2D eigenvalue weighted by Crippen LogP contribution is -2.33. The predicted molar refractivity (Wildman–Crippen MR) is 143 cm³/mol. The zero-order chi connectivity index (χ0) is 23.8. The molecule has 32 heavy (non-hydrogen) atoms. The van der Waals surface area contributed by atoms with E-state index >= 15 is 0 Å². The Labute approximate surface area is 197 Å². The first-order valence-electron chi connectivity index (χ1n) is 12.3. The van der Waals surface area contributed by atoms with Gasteiger partial charge in [-0.1, -0.05) is 113 Å². The van der Waals surface area contributed by atoms with Crippen LogP contribution in [0.15, 0.2) is 48.5 Å². The largest absolute Gasteiger partial charge is 0.300 e. The van der Waals surface area contributed by atoms with Gasteiger partial charge in [0.15, 0.2) is 0 Å². The molecule has 4 heteroatoms. The van der Waals surface area contributed by atoms with Crippen LogP contribution in [-0.2, 0) is 12.8 Å². The van der Waals surface area contributed by atoms with E-state index in [-0.39, 0.29) is 0 Å². The third-order valence-corrected chi connectivity index (χ3v) is 9.28. The average Bonchev–Trinajstić information content (AvgIpc) is 2.74. The van der Waals surface area contributed by atoms with Gasteiger partial charge >= 0.3 is 0 Å². The van der Waals surface area contributed by atoms with E-state index in [0.717, 1.165) is 24.0 Å². The molecular formula is C28H42O2Si2. The maximum atomic E-state index is 12.4. The summed E-state index contributed by atoms with van der Waals surface area (Å²) in [6.45, 7) is 12.6. The first-order valence-corrected chi connectivity index (χ1v) is 19.3. The van der Waals surface area contributed by atoms with Crippen molar-refractivity contribution < 1.29 is 9.59 Å². The van der Waals surface area contributed by atoms with Crippen molar-refractivity contribution in [2.24, 2.45) is 0 Å². The van der Waals surface area contributed by atoms with Crippen LogP contribution in [-0.4, -0.2) is 27.0 Å². The molecule has 0 fully saturated rings. The van der Waals surface area contributed by atoms with Crippen LogP contribution in [0.3, 0.4) is 0 Å². The minimum Gasteiger partial charge on any atom is -0.300 e. The molecule has 0 atom stereocenters. The monoisotopic (exact) mass is 466 g/mol. The molecule has 0 bridgehead atoms. The van der Waals surface area contributed by atoms with Crippen LogP contribution in [0.1, 0.15) is 70.4 Å². The molecule has 0 saturated heterocycles. The molecule has 2 nitrogen and oxygen atoms in total. The molecule has 2 aromatic carbocycles. The van der Waals surface area contributed by atoms with E-state index in [0.29, 0.717) is 10.8 Å². The fourth-order valence-corrected chi connectivity index (χ4v) is 5.94. The van der Waals surface area contributed by atoms with Crippen LogP contribution in [0.5, 0.6) is 0 Å². The van der Waals surface area contributed by atoms with Gasteiger partial charge in [-0.3, -0.25) is 0 Å². The number of benzene rings is 2. The molecule has 0 radical (unpaired) electrons. The molecule has 0 saturated carbocycles. The second-order valence-electron chi connectivity index (χ2n) is 11.2. The number of carbonyl (C=O) groups is 2. The molecule has 0 spiro atoms. The summed E-state index contributed by atoms with van der Waals surface area (Å²) < 4.78 is 0. The molecule has 0 aromatic heterocycles. The third kappa shape index (κ3) is 8.63. The van der Waals surface area contributed by atoms with Gasteiger partial charge in [-0.15, -0.1) is 0 Å². The second kappa shape index (κ2) is 11.9. The lowest BCUT2D eigenvalue weighted by atomic mass is 10.0. The van der Waals surface area contributed by atoms with E-state index in [9.17, 15) is 9.59 Å². The molecule has 2 aromatic rings. The first kappa shape index (κ1) is 26.5. The number of aryl methyl sites for hydroxylation is 2. The van der Waals surface area contributed by atoms with Gasteiger partial charge in [0.05, 0.1) is 0 Å². The zero-order valence-corrected chi connectivity index (χ0v) is 23.1. The first-order chi connectivity index (χ1) is 15.0. The van der Waals surface area contributed by atoms with Crippen molar-refractivity contribution in [2.75, 3.05) is 0 Å². The third-order valence-electron chi connectivity index (χ3n) is 5.98. The molecule has 174 valence electrons. The molecule has 0 amide bonds. The minimum atomic E-state index is -1.75. The molecule has 0 N–H and O–H groups in total. The number of hydrogen-bond donors (Lipinski definition) is 0. The van der Waals surface area contributed by atoms with Crippen molar-refractivity contribution in [1.29, 1.82) is 0 Å². The number of hydrogen-bond acceptors (Lipinski definition) is 2. The number of carbonyl (C=O) groups excluding carboxylic acids is 2. The fraction of sp³-hybridized carbons (Fsp3) is 0.500.